The minimum absolute atomic E-state index is 0.183. The lowest BCUT2D eigenvalue weighted by Crippen LogP contribution is -2.30. The molecule has 0 aliphatic rings. The summed E-state index contributed by atoms with van der Waals surface area (Å²) in [4.78, 5) is 2.28. The summed E-state index contributed by atoms with van der Waals surface area (Å²) in [7, 11) is 0.282. The van der Waals surface area contributed by atoms with Gasteiger partial charge in [-0.05, 0) is 26.2 Å². The molecule has 1 heterocycles. The second kappa shape index (κ2) is 5.41. The number of thiophene rings is 1. The Kier molecular flexibility index (Phi) is 4.44. The third-order valence-corrected chi connectivity index (χ3v) is 4.75. The normalized spacial score (nSPS) is 11.6. The molecular weight excluding hydrogens is 246 g/mol. The molecule has 0 aliphatic carbocycles. The number of nitrogens with one attached hydrogen (secondary N) is 1. The Morgan fingerprint density at radius 1 is 1.50 bits per heavy atom. The average molecular weight is 259 g/mol. The molecule has 1 aromatic rings. The molecule has 0 amide bonds. The maximum atomic E-state index is 11.7. The van der Waals surface area contributed by atoms with Crippen molar-refractivity contribution in [3.8, 4) is 6.07 Å². The van der Waals surface area contributed by atoms with E-state index in [9.17, 15) is 8.42 Å². The molecule has 16 heavy (non-hydrogen) atoms. The van der Waals surface area contributed by atoms with Crippen LogP contribution in [-0.2, 0) is 10.0 Å². The predicted octanol–water partition coefficient (Wildman–Crippen LogP) is 0.460. The van der Waals surface area contributed by atoms with Gasteiger partial charge < -0.3 is 4.90 Å². The van der Waals surface area contributed by atoms with Crippen LogP contribution in [0.3, 0.4) is 0 Å². The van der Waals surface area contributed by atoms with Gasteiger partial charge in [0.2, 0.25) is 10.0 Å². The Morgan fingerprint density at radius 3 is 2.69 bits per heavy atom. The van der Waals surface area contributed by atoms with E-state index in [1.165, 1.54) is 12.1 Å². The largest absolute Gasteiger partial charge is 0.308 e. The van der Waals surface area contributed by atoms with Gasteiger partial charge in [0.1, 0.15) is 15.2 Å². The van der Waals surface area contributed by atoms with Crippen LogP contribution in [-0.4, -0.2) is 40.5 Å². The van der Waals surface area contributed by atoms with Gasteiger partial charge in [-0.2, -0.15) is 5.26 Å². The lowest BCUT2D eigenvalue weighted by atomic mass is 10.5. The number of sulfonamides is 1. The Hall–Kier alpha value is -0.940. The first-order valence-corrected chi connectivity index (χ1v) is 6.90. The number of hydrogen-bond acceptors (Lipinski definition) is 5. The van der Waals surface area contributed by atoms with Crippen molar-refractivity contribution in [3.63, 3.8) is 0 Å². The molecule has 88 valence electrons. The van der Waals surface area contributed by atoms with Crippen LogP contribution in [0.2, 0.25) is 0 Å². The number of hydrogen-bond donors (Lipinski definition) is 1. The van der Waals surface area contributed by atoms with E-state index in [2.05, 4.69) is 4.72 Å². The maximum Gasteiger partial charge on any atom is 0.250 e. The number of rotatable bonds is 5. The SMILES string of the molecule is CN(C)CCNS(=O)(=O)c1ccc(C#N)s1. The Bertz CT molecular complexity index is 485. The van der Waals surface area contributed by atoms with Crippen molar-refractivity contribution < 1.29 is 8.42 Å². The quantitative estimate of drug-likeness (QED) is 0.833. The van der Waals surface area contributed by atoms with Crippen molar-refractivity contribution in [1.82, 2.24) is 9.62 Å². The molecule has 0 saturated heterocycles. The highest BCUT2D eigenvalue weighted by atomic mass is 32.2. The van der Waals surface area contributed by atoms with E-state index in [1.807, 2.05) is 25.1 Å². The van der Waals surface area contributed by atoms with Gasteiger partial charge in [0, 0.05) is 13.1 Å². The zero-order valence-corrected chi connectivity index (χ0v) is 10.7. The van der Waals surface area contributed by atoms with E-state index in [0.29, 0.717) is 18.0 Å². The van der Waals surface area contributed by atoms with Crippen molar-refractivity contribution >= 4 is 21.4 Å². The molecule has 0 spiro atoms. The fraction of sp³-hybridized carbons (Fsp3) is 0.444. The molecule has 0 unspecified atom stereocenters. The number of nitrogens with zero attached hydrogens (tertiary/aromatic N) is 2. The molecular formula is C9H13N3O2S2. The highest BCUT2D eigenvalue weighted by molar-refractivity contribution is 7.91. The standard InChI is InChI=1S/C9H13N3O2S2/c1-12(2)6-5-11-16(13,14)9-4-3-8(7-10)15-9/h3-4,11H,5-6H2,1-2H3. The fourth-order valence-electron chi connectivity index (χ4n) is 0.999. The second-order valence-electron chi connectivity index (χ2n) is 3.43. The Labute approximate surface area is 99.4 Å². The highest BCUT2D eigenvalue weighted by Crippen LogP contribution is 2.20. The first-order chi connectivity index (χ1) is 7.45. The van der Waals surface area contributed by atoms with Gasteiger partial charge >= 0.3 is 0 Å². The van der Waals surface area contributed by atoms with Crippen molar-refractivity contribution in [1.29, 1.82) is 5.26 Å². The van der Waals surface area contributed by atoms with E-state index in [-0.39, 0.29) is 4.21 Å². The zero-order valence-electron chi connectivity index (χ0n) is 9.10. The van der Waals surface area contributed by atoms with Crippen molar-refractivity contribution in [2.45, 2.75) is 4.21 Å². The minimum atomic E-state index is -3.45. The van der Waals surface area contributed by atoms with Gasteiger partial charge in [-0.1, -0.05) is 0 Å². The first kappa shape index (κ1) is 13.1. The topological polar surface area (TPSA) is 73.2 Å². The lowest BCUT2D eigenvalue weighted by molar-refractivity contribution is 0.412. The molecule has 1 N–H and O–H groups in total. The van der Waals surface area contributed by atoms with Gasteiger partial charge in [-0.25, -0.2) is 13.1 Å². The van der Waals surface area contributed by atoms with Gasteiger partial charge in [-0.3, -0.25) is 0 Å². The van der Waals surface area contributed by atoms with Crippen LogP contribution in [0.4, 0.5) is 0 Å². The van der Waals surface area contributed by atoms with Crippen LogP contribution in [0.15, 0.2) is 16.3 Å². The average Bonchev–Trinajstić information content (AvgIpc) is 2.65. The molecule has 0 fully saturated rings. The molecule has 7 heteroatoms. The van der Waals surface area contributed by atoms with Crippen LogP contribution < -0.4 is 4.72 Å². The third kappa shape index (κ3) is 3.57. The summed E-state index contributed by atoms with van der Waals surface area (Å²) in [6.07, 6.45) is 0. The summed E-state index contributed by atoms with van der Waals surface area (Å²) in [5.41, 5.74) is 0. The summed E-state index contributed by atoms with van der Waals surface area (Å²) in [5.74, 6) is 0. The molecule has 0 aromatic carbocycles. The van der Waals surface area contributed by atoms with E-state index >= 15 is 0 Å². The molecule has 5 nitrogen and oxygen atoms in total. The van der Waals surface area contributed by atoms with Crippen molar-refractivity contribution in [2.75, 3.05) is 27.2 Å². The van der Waals surface area contributed by atoms with Gasteiger partial charge in [-0.15, -0.1) is 11.3 Å². The molecule has 0 aliphatic heterocycles. The first-order valence-electron chi connectivity index (χ1n) is 4.60. The lowest BCUT2D eigenvalue weighted by Gasteiger charge is -2.09. The van der Waals surface area contributed by atoms with Crippen LogP contribution >= 0.6 is 11.3 Å². The van der Waals surface area contributed by atoms with E-state index < -0.39 is 10.0 Å². The third-order valence-electron chi connectivity index (χ3n) is 1.81. The monoisotopic (exact) mass is 259 g/mol. The molecule has 0 saturated carbocycles. The minimum Gasteiger partial charge on any atom is -0.308 e. The predicted molar refractivity (Wildman–Crippen MR) is 62.8 cm³/mol. The summed E-state index contributed by atoms with van der Waals surface area (Å²) in [6, 6.07) is 4.86. The molecule has 1 aromatic heterocycles. The summed E-state index contributed by atoms with van der Waals surface area (Å²) >= 11 is 0.973. The van der Waals surface area contributed by atoms with Gasteiger partial charge in [0.15, 0.2) is 0 Å². The number of nitriles is 1. The van der Waals surface area contributed by atoms with Crippen LogP contribution in [0, 0.1) is 11.3 Å². The van der Waals surface area contributed by atoms with E-state index in [0.717, 1.165) is 11.3 Å². The summed E-state index contributed by atoms with van der Waals surface area (Å²) in [5, 5.41) is 8.60. The van der Waals surface area contributed by atoms with Crippen molar-refractivity contribution in [2.24, 2.45) is 0 Å². The molecule has 1 rings (SSSR count). The molecule has 0 bridgehead atoms. The zero-order chi connectivity index (χ0) is 12.2. The number of likely N-dealkylation sites (N-methyl/N-ethyl adjacent to an activating group) is 1. The summed E-state index contributed by atoms with van der Waals surface area (Å²) < 4.78 is 26.1. The Balaban J connectivity index is 2.68. The summed E-state index contributed by atoms with van der Waals surface area (Å²) in [6.45, 7) is 0.991. The van der Waals surface area contributed by atoms with Gasteiger partial charge in [0.25, 0.3) is 0 Å². The fourth-order valence-corrected chi connectivity index (χ4v) is 3.17. The van der Waals surface area contributed by atoms with E-state index in [1.54, 1.807) is 0 Å². The van der Waals surface area contributed by atoms with Crippen LogP contribution in [0.25, 0.3) is 0 Å². The maximum absolute atomic E-state index is 11.7. The van der Waals surface area contributed by atoms with Crippen molar-refractivity contribution in [3.05, 3.63) is 17.0 Å². The highest BCUT2D eigenvalue weighted by Gasteiger charge is 2.15. The van der Waals surface area contributed by atoms with Crippen LogP contribution in [0.1, 0.15) is 4.88 Å². The second-order valence-corrected chi connectivity index (χ2v) is 6.51. The Morgan fingerprint density at radius 2 is 2.19 bits per heavy atom. The van der Waals surface area contributed by atoms with Crippen LogP contribution in [0.5, 0.6) is 0 Å². The molecule has 0 atom stereocenters. The van der Waals surface area contributed by atoms with Gasteiger partial charge in [0.05, 0.1) is 0 Å². The van der Waals surface area contributed by atoms with E-state index in [4.69, 9.17) is 5.26 Å². The smallest absolute Gasteiger partial charge is 0.250 e. The molecule has 0 radical (unpaired) electrons.